The van der Waals surface area contributed by atoms with E-state index in [4.69, 9.17) is 16.3 Å². The van der Waals surface area contributed by atoms with Crippen molar-refractivity contribution >= 4 is 27.3 Å². The van der Waals surface area contributed by atoms with E-state index in [1.54, 1.807) is 67.6 Å². The van der Waals surface area contributed by atoms with Crippen LogP contribution in [0.25, 0.3) is 0 Å². The Morgan fingerprint density at radius 1 is 1.28 bits per heavy atom. The maximum Gasteiger partial charge on any atom is 0.257 e. The predicted molar refractivity (Wildman–Crippen MR) is 108 cm³/mol. The van der Waals surface area contributed by atoms with E-state index in [1.165, 1.54) is 11.0 Å². The van der Waals surface area contributed by atoms with Crippen molar-refractivity contribution < 1.29 is 17.9 Å². The zero-order chi connectivity index (χ0) is 20.8. The molecule has 1 aliphatic heterocycles. The number of amides is 1. The first-order valence-corrected chi connectivity index (χ1v) is 10.8. The number of ether oxygens (including phenoxy) is 1. The van der Waals surface area contributed by atoms with Crippen molar-refractivity contribution in [1.29, 1.82) is 0 Å². The predicted octanol–water partition coefficient (Wildman–Crippen LogP) is 3.47. The number of aryl methyl sites for hydroxylation is 1. The molecule has 1 aromatic heterocycles. The highest BCUT2D eigenvalue weighted by atomic mass is 35.5. The van der Waals surface area contributed by atoms with Gasteiger partial charge < -0.3 is 9.64 Å². The highest BCUT2D eigenvalue weighted by molar-refractivity contribution is 7.91. The van der Waals surface area contributed by atoms with Gasteiger partial charge in [0, 0.05) is 19.1 Å². The summed E-state index contributed by atoms with van der Waals surface area (Å²) >= 11 is 6.07. The quantitative estimate of drug-likeness (QED) is 0.631. The van der Waals surface area contributed by atoms with Crippen molar-refractivity contribution in [3.8, 4) is 11.5 Å². The Labute approximate surface area is 173 Å². The third kappa shape index (κ3) is 3.61. The highest BCUT2D eigenvalue weighted by Crippen LogP contribution is 2.39. The Morgan fingerprint density at radius 3 is 2.76 bits per heavy atom. The number of halogens is 1. The summed E-state index contributed by atoms with van der Waals surface area (Å²) in [5.41, 5.74) is 0.853. The molecule has 0 aliphatic carbocycles. The number of fused-ring (bicyclic) bond motifs is 1. The van der Waals surface area contributed by atoms with Crippen LogP contribution in [-0.2, 0) is 16.9 Å². The molecule has 2 aromatic carbocycles. The molecule has 4 rings (SSSR count). The van der Waals surface area contributed by atoms with E-state index in [0.717, 1.165) is 0 Å². The number of hydrogen-bond acceptors (Lipinski definition) is 5. The Balaban J connectivity index is 1.67. The van der Waals surface area contributed by atoms with E-state index in [-0.39, 0.29) is 16.6 Å². The lowest BCUT2D eigenvalue weighted by Gasteiger charge is -2.25. The number of sulfone groups is 1. The van der Waals surface area contributed by atoms with Crippen LogP contribution in [0.2, 0.25) is 5.02 Å². The van der Waals surface area contributed by atoms with Crippen molar-refractivity contribution in [2.45, 2.75) is 10.9 Å². The van der Waals surface area contributed by atoms with Gasteiger partial charge in [-0.2, -0.15) is 5.10 Å². The van der Waals surface area contributed by atoms with Crippen molar-refractivity contribution in [2.75, 3.05) is 12.8 Å². The van der Waals surface area contributed by atoms with Crippen LogP contribution < -0.4 is 4.74 Å². The highest BCUT2D eigenvalue weighted by Gasteiger charge is 2.39. The van der Waals surface area contributed by atoms with Crippen molar-refractivity contribution in [3.05, 3.63) is 71.0 Å². The maximum absolute atomic E-state index is 13.3. The monoisotopic (exact) mass is 431 g/mol. The fourth-order valence-corrected chi connectivity index (χ4v) is 5.42. The van der Waals surface area contributed by atoms with E-state index < -0.39 is 15.9 Å². The molecule has 0 unspecified atom stereocenters. The van der Waals surface area contributed by atoms with Gasteiger partial charge in [-0.05, 0) is 35.9 Å². The van der Waals surface area contributed by atoms with Gasteiger partial charge in [-0.15, -0.1) is 0 Å². The Morgan fingerprint density at radius 2 is 2.03 bits per heavy atom. The number of benzene rings is 2. The van der Waals surface area contributed by atoms with Crippen LogP contribution in [0.1, 0.15) is 22.0 Å². The topological polar surface area (TPSA) is 81.5 Å². The zero-order valence-corrected chi connectivity index (χ0v) is 17.3. The van der Waals surface area contributed by atoms with Crippen molar-refractivity contribution in [3.63, 3.8) is 0 Å². The van der Waals surface area contributed by atoms with Crippen LogP contribution in [0.3, 0.4) is 0 Å². The van der Waals surface area contributed by atoms with Gasteiger partial charge in [-0.25, -0.2) is 8.42 Å². The number of carbonyl (C=O) groups excluding carboxylic acids is 1. The first-order chi connectivity index (χ1) is 13.8. The van der Waals surface area contributed by atoms with E-state index in [1.807, 2.05) is 0 Å². The summed E-state index contributed by atoms with van der Waals surface area (Å²) in [5, 5.41) is 4.47. The summed E-state index contributed by atoms with van der Waals surface area (Å²) < 4.78 is 32.5. The van der Waals surface area contributed by atoms with Crippen LogP contribution >= 0.6 is 11.6 Å². The van der Waals surface area contributed by atoms with Gasteiger partial charge in [-0.1, -0.05) is 23.7 Å². The van der Waals surface area contributed by atoms with Crippen LogP contribution in [0.4, 0.5) is 0 Å². The van der Waals surface area contributed by atoms with Crippen LogP contribution in [0.5, 0.6) is 11.5 Å². The molecule has 1 amide bonds. The van der Waals surface area contributed by atoms with Gasteiger partial charge in [0.2, 0.25) is 0 Å². The summed E-state index contributed by atoms with van der Waals surface area (Å²) in [7, 11) is -0.136. The Bertz CT molecular complexity index is 1210. The second-order valence-corrected chi connectivity index (χ2v) is 9.28. The lowest BCUT2D eigenvalue weighted by atomic mass is 10.1. The summed E-state index contributed by atoms with van der Waals surface area (Å²) in [6.45, 7) is 0. The minimum absolute atomic E-state index is 0.184. The van der Waals surface area contributed by atoms with Crippen LogP contribution in [0, 0.1) is 0 Å². The van der Waals surface area contributed by atoms with Gasteiger partial charge in [-0.3, -0.25) is 9.48 Å². The summed E-state index contributed by atoms with van der Waals surface area (Å²) in [6, 6.07) is 10.8. The third-order valence-corrected chi connectivity index (χ3v) is 6.89. The molecular weight excluding hydrogens is 414 g/mol. The van der Waals surface area contributed by atoms with E-state index in [9.17, 15) is 13.2 Å². The smallest absolute Gasteiger partial charge is 0.257 e. The van der Waals surface area contributed by atoms with Gasteiger partial charge in [0.15, 0.2) is 15.6 Å². The number of nitrogens with zero attached hydrogens (tertiary/aromatic N) is 3. The number of para-hydroxylation sites is 1. The van der Waals surface area contributed by atoms with Gasteiger partial charge in [0.25, 0.3) is 5.91 Å². The molecule has 0 radical (unpaired) electrons. The molecule has 0 bridgehead atoms. The molecule has 0 saturated heterocycles. The molecule has 3 aromatic rings. The van der Waals surface area contributed by atoms with Crippen molar-refractivity contribution in [1.82, 2.24) is 14.7 Å². The fourth-order valence-electron chi connectivity index (χ4n) is 3.41. The summed E-state index contributed by atoms with van der Waals surface area (Å²) in [4.78, 5) is 14.9. The van der Waals surface area contributed by atoms with E-state index >= 15 is 0 Å². The largest absolute Gasteiger partial charge is 0.453 e. The molecule has 1 atom stereocenters. The molecular formula is C20H18ClN3O4S. The van der Waals surface area contributed by atoms with Crippen LogP contribution in [-0.4, -0.2) is 41.8 Å². The SMILES string of the molecule is CN(C(=O)c1ccccc1Oc1cnn(C)c1)[C@@H]1CS(=O)(=O)c2ccc(Cl)cc21. The third-order valence-electron chi connectivity index (χ3n) is 4.86. The number of carbonyl (C=O) groups is 1. The second kappa shape index (κ2) is 7.20. The molecule has 7 nitrogen and oxygen atoms in total. The van der Waals surface area contributed by atoms with E-state index in [0.29, 0.717) is 27.6 Å². The molecule has 29 heavy (non-hydrogen) atoms. The van der Waals surface area contributed by atoms with E-state index in [2.05, 4.69) is 5.10 Å². The molecule has 2 heterocycles. The Hall–Kier alpha value is -2.84. The second-order valence-electron chi connectivity index (χ2n) is 6.84. The van der Waals surface area contributed by atoms with Gasteiger partial charge >= 0.3 is 0 Å². The molecule has 150 valence electrons. The summed E-state index contributed by atoms with van der Waals surface area (Å²) in [5.74, 6) is 0.328. The first kappa shape index (κ1) is 19.5. The fraction of sp³-hybridized carbons (Fsp3) is 0.200. The lowest BCUT2D eigenvalue weighted by Crippen LogP contribution is -2.32. The van der Waals surface area contributed by atoms with Gasteiger partial charge in [0.1, 0.15) is 5.75 Å². The number of hydrogen-bond donors (Lipinski definition) is 0. The van der Waals surface area contributed by atoms with Gasteiger partial charge in [0.05, 0.1) is 34.6 Å². The molecule has 0 saturated carbocycles. The lowest BCUT2D eigenvalue weighted by molar-refractivity contribution is 0.0743. The Kier molecular flexibility index (Phi) is 4.84. The maximum atomic E-state index is 13.3. The minimum atomic E-state index is -3.48. The number of rotatable bonds is 4. The molecule has 1 aliphatic rings. The minimum Gasteiger partial charge on any atom is -0.453 e. The average molecular weight is 432 g/mol. The molecule has 0 N–H and O–H groups in total. The first-order valence-electron chi connectivity index (χ1n) is 8.81. The normalized spacial score (nSPS) is 17.0. The zero-order valence-electron chi connectivity index (χ0n) is 15.7. The molecule has 0 fully saturated rings. The number of aromatic nitrogens is 2. The molecule has 9 heteroatoms. The van der Waals surface area contributed by atoms with Crippen molar-refractivity contribution in [2.24, 2.45) is 7.05 Å². The average Bonchev–Trinajstić information content (AvgIpc) is 3.21. The molecule has 0 spiro atoms. The summed E-state index contributed by atoms with van der Waals surface area (Å²) in [6.07, 6.45) is 3.24. The standard InChI is InChI=1S/C20H18ClN3O4S/c1-23-11-14(10-22-23)28-18-6-4-3-5-15(18)20(25)24(2)17-12-29(26,27)19-8-7-13(21)9-16(17)19/h3-11,17H,12H2,1-2H3/t17-/m1/s1. The van der Waals surface area contributed by atoms with Crippen LogP contribution in [0.15, 0.2) is 59.8 Å².